The molecule has 0 bridgehead atoms. The Morgan fingerprint density at radius 3 is 2.32 bits per heavy atom. The number of rotatable bonds is 13. The molecular formula is C29H32N8O2S2. The summed E-state index contributed by atoms with van der Waals surface area (Å²) >= 11 is 3.11. The lowest BCUT2D eigenvalue weighted by Gasteiger charge is -2.13. The Hall–Kier alpha value is -3.71. The first-order chi connectivity index (χ1) is 20.2. The van der Waals surface area contributed by atoms with E-state index in [-0.39, 0.29) is 0 Å². The van der Waals surface area contributed by atoms with E-state index >= 15 is 0 Å². The summed E-state index contributed by atoms with van der Waals surface area (Å²) < 4.78 is 10.6. The second-order valence-electron chi connectivity index (χ2n) is 9.41. The minimum atomic E-state index is 0.455. The maximum absolute atomic E-state index is 5.58. The first-order valence-corrected chi connectivity index (χ1v) is 15.2. The number of ether oxygens (including phenoxy) is 2. The van der Waals surface area contributed by atoms with Gasteiger partial charge in [0.15, 0.2) is 0 Å². The molecule has 4 aromatic rings. The van der Waals surface area contributed by atoms with Crippen molar-refractivity contribution in [2.45, 2.75) is 32.8 Å². The average molecular weight is 589 g/mol. The highest BCUT2D eigenvalue weighted by atomic mass is 32.1. The van der Waals surface area contributed by atoms with Crippen LogP contribution < -0.4 is 4.90 Å². The van der Waals surface area contributed by atoms with E-state index in [4.69, 9.17) is 9.47 Å². The fourth-order valence-electron chi connectivity index (χ4n) is 4.09. The SMILES string of the molecule is COCCCOCc1csc(N=Nc2ccc(N=Nc3ccc(N=Nc4ccc(N5CCCC5)s4)cc3C)cc2)n1. The van der Waals surface area contributed by atoms with Crippen molar-refractivity contribution in [2.24, 2.45) is 30.7 Å². The second kappa shape index (κ2) is 14.8. The molecule has 3 heterocycles. The lowest BCUT2D eigenvalue weighted by molar-refractivity contribution is 0.0913. The number of azo groups is 3. The number of hydrogen-bond donors (Lipinski definition) is 0. The van der Waals surface area contributed by atoms with E-state index in [0.717, 1.165) is 52.8 Å². The normalized spacial score (nSPS) is 14.0. The Morgan fingerprint density at radius 2 is 1.56 bits per heavy atom. The van der Waals surface area contributed by atoms with Crippen LogP contribution >= 0.6 is 22.7 Å². The van der Waals surface area contributed by atoms with Crippen molar-refractivity contribution in [1.29, 1.82) is 0 Å². The molecule has 0 N–H and O–H groups in total. The third kappa shape index (κ3) is 8.64. The van der Waals surface area contributed by atoms with E-state index in [0.29, 0.717) is 30.6 Å². The van der Waals surface area contributed by atoms with Gasteiger partial charge >= 0.3 is 0 Å². The largest absolute Gasteiger partial charge is 0.385 e. The van der Waals surface area contributed by atoms with E-state index in [1.807, 2.05) is 60.8 Å². The Kier molecular flexibility index (Phi) is 10.4. The average Bonchev–Trinajstić information content (AvgIpc) is 3.77. The summed E-state index contributed by atoms with van der Waals surface area (Å²) in [5.41, 5.74) is 4.82. The van der Waals surface area contributed by atoms with Crippen molar-refractivity contribution in [3.05, 3.63) is 71.2 Å². The fourth-order valence-corrected chi connectivity index (χ4v) is 5.59. The fraction of sp³-hybridized carbons (Fsp3) is 0.345. The standard InChI is InChI=1S/C29H32N8O2S2/c1-21-18-24(33-35-27-12-13-28(41-27)37-14-3-4-15-37)10-11-26(21)34-31-22-6-8-23(9-7-22)32-36-29-30-25(20-40-29)19-39-17-5-16-38-2/h6-13,18,20H,3-5,14-17,19H2,1-2H3. The van der Waals surface area contributed by atoms with Crippen LogP contribution in [0.4, 0.5) is 37.9 Å². The second-order valence-corrected chi connectivity index (χ2v) is 11.3. The molecule has 2 aromatic heterocycles. The Labute approximate surface area is 247 Å². The maximum Gasteiger partial charge on any atom is 0.230 e. The van der Waals surface area contributed by atoms with Gasteiger partial charge < -0.3 is 14.4 Å². The van der Waals surface area contributed by atoms with E-state index in [1.54, 1.807) is 18.4 Å². The van der Waals surface area contributed by atoms with Gasteiger partial charge in [-0.25, -0.2) is 4.98 Å². The molecule has 1 aliphatic heterocycles. The van der Waals surface area contributed by atoms with Gasteiger partial charge in [-0.15, -0.1) is 31.8 Å². The topological polar surface area (TPSA) is 109 Å². The van der Waals surface area contributed by atoms with E-state index in [9.17, 15) is 0 Å². The van der Waals surface area contributed by atoms with E-state index in [1.165, 1.54) is 29.2 Å². The van der Waals surface area contributed by atoms with Gasteiger partial charge in [-0.05, 0) is 86.3 Å². The van der Waals surface area contributed by atoms with Crippen LogP contribution in [0.25, 0.3) is 0 Å². The Bertz CT molecular complexity index is 1490. The molecule has 0 aliphatic carbocycles. The highest BCUT2D eigenvalue weighted by Crippen LogP contribution is 2.35. The van der Waals surface area contributed by atoms with Gasteiger partial charge in [0.2, 0.25) is 5.13 Å². The number of nitrogens with zero attached hydrogens (tertiary/aromatic N) is 8. The smallest absolute Gasteiger partial charge is 0.230 e. The highest BCUT2D eigenvalue weighted by molar-refractivity contribution is 7.19. The summed E-state index contributed by atoms with van der Waals surface area (Å²) in [6, 6.07) is 17.4. The number of methoxy groups -OCH3 is 1. The molecular weight excluding hydrogens is 557 g/mol. The van der Waals surface area contributed by atoms with Gasteiger partial charge in [-0.3, -0.25) is 0 Å². The molecule has 1 saturated heterocycles. The van der Waals surface area contributed by atoms with Crippen molar-refractivity contribution in [3.63, 3.8) is 0 Å². The number of hydrogen-bond acceptors (Lipinski definition) is 12. The van der Waals surface area contributed by atoms with Gasteiger partial charge in [0.25, 0.3) is 0 Å². The summed E-state index contributed by atoms with van der Waals surface area (Å²) in [7, 11) is 1.68. The Balaban J connectivity index is 1.12. The maximum atomic E-state index is 5.58. The predicted molar refractivity (Wildman–Crippen MR) is 164 cm³/mol. The molecule has 0 unspecified atom stereocenters. The first-order valence-electron chi connectivity index (χ1n) is 13.5. The minimum Gasteiger partial charge on any atom is -0.385 e. The van der Waals surface area contributed by atoms with E-state index in [2.05, 4.69) is 46.6 Å². The third-order valence-corrected chi connectivity index (χ3v) is 8.04. The molecule has 12 heteroatoms. The van der Waals surface area contributed by atoms with Gasteiger partial charge in [0.05, 0.1) is 40.1 Å². The number of benzene rings is 2. The molecule has 1 aliphatic rings. The minimum absolute atomic E-state index is 0.455. The third-order valence-electron chi connectivity index (χ3n) is 6.24. The van der Waals surface area contributed by atoms with Gasteiger partial charge in [-0.2, -0.15) is 10.2 Å². The van der Waals surface area contributed by atoms with Crippen molar-refractivity contribution >= 4 is 60.6 Å². The summed E-state index contributed by atoms with van der Waals surface area (Å²) in [6.45, 7) is 6.03. The van der Waals surface area contributed by atoms with Gasteiger partial charge in [0, 0.05) is 38.8 Å². The van der Waals surface area contributed by atoms with Crippen molar-refractivity contribution in [1.82, 2.24) is 4.98 Å². The molecule has 212 valence electrons. The molecule has 0 atom stereocenters. The zero-order valence-corrected chi connectivity index (χ0v) is 24.8. The molecule has 2 aromatic carbocycles. The molecule has 0 radical (unpaired) electrons. The van der Waals surface area contributed by atoms with Crippen molar-refractivity contribution in [3.8, 4) is 0 Å². The number of thiazole rings is 1. The summed E-state index contributed by atoms with van der Waals surface area (Å²) in [5.74, 6) is 0. The molecule has 41 heavy (non-hydrogen) atoms. The molecule has 1 fully saturated rings. The quantitative estimate of drug-likeness (QED) is 0.114. The van der Waals surface area contributed by atoms with Crippen LogP contribution in [0.1, 0.15) is 30.5 Å². The van der Waals surface area contributed by atoms with Crippen LogP contribution in [-0.2, 0) is 16.1 Å². The van der Waals surface area contributed by atoms with Crippen LogP contribution in [0.3, 0.4) is 0 Å². The molecule has 0 saturated carbocycles. The first kappa shape index (κ1) is 28.8. The van der Waals surface area contributed by atoms with Gasteiger partial charge in [-0.1, -0.05) is 11.3 Å². The predicted octanol–water partition coefficient (Wildman–Crippen LogP) is 9.91. The molecule has 0 amide bonds. The Morgan fingerprint density at radius 1 is 0.829 bits per heavy atom. The molecule has 0 spiro atoms. The lowest BCUT2D eigenvalue weighted by atomic mass is 10.2. The number of anilines is 1. The van der Waals surface area contributed by atoms with Crippen LogP contribution in [0, 0.1) is 6.92 Å². The summed E-state index contributed by atoms with van der Waals surface area (Å²) in [5, 5.41) is 30.9. The molecule has 5 rings (SSSR count). The van der Waals surface area contributed by atoms with Crippen molar-refractivity contribution < 1.29 is 9.47 Å². The van der Waals surface area contributed by atoms with Gasteiger partial charge in [0.1, 0.15) is 5.00 Å². The van der Waals surface area contributed by atoms with Crippen molar-refractivity contribution in [2.75, 3.05) is 38.3 Å². The van der Waals surface area contributed by atoms with Crippen LogP contribution in [-0.4, -0.2) is 38.4 Å². The summed E-state index contributed by atoms with van der Waals surface area (Å²) in [4.78, 5) is 6.85. The number of aromatic nitrogens is 1. The van der Waals surface area contributed by atoms with Crippen LogP contribution in [0.5, 0.6) is 0 Å². The zero-order chi connectivity index (χ0) is 28.3. The lowest BCUT2D eigenvalue weighted by Crippen LogP contribution is -2.15. The van der Waals surface area contributed by atoms with Crippen LogP contribution in [0.15, 0.2) is 90.7 Å². The highest BCUT2D eigenvalue weighted by Gasteiger charge is 2.14. The van der Waals surface area contributed by atoms with Crippen LogP contribution in [0.2, 0.25) is 0 Å². The molecule has 10 nitrogen and oxygen atoms in total. The number of aryl methyl sites for hydroxylation is 1. The summed E-state index contributed by atoms with van der Waals surface area (Å²) in [6.07, 6.45) is 3.38. The zero-order valence-electron chi connectivity index (χ0n) is 23.1. The number of thiophene rings is 1. The van der Waals surface area contributed by atoms with E-state index < -0.39 is 0 Å². The monoisotopic (exact) mass is 588 g/mol.